The zero-order chi connectivity index (χ0) is 18.3. The van der Waals surface area contributed by atoms with Gasteiger partial charge >= 0.3 is 0 Å². The molecule has 26 heavy (non-hydrogen) atoms. The van der Waals surface area contributed by atoms with Gasteiger partial charge in [0, 0.05) is 26.3 Å². The lowest BCUT2D eigenvalue weighted by atomic mass is 10.0. The van der Waals surface area contributed by atoms with E-state index in [0.29, 0.717) is 35.4 Å². The van der Waals surface area contributed by atoms with Crippen molar-refractivity contribution in [1.82, 2.24) is 24.8 Å². The Morgan fingerprint density at radius 3 is 2.96 bits per heavy atom. The summed E-state index contributed by atoms with van der Waals surface area (Å²) in [6.07, 6.45) is 3.09. The molecule has 1 N–H and O–H groups in total. The van der Waals surface area contributed by atoms with Crippen molar-refractivity contribution in [3.05, 3.63) is 59.8 Å². The minimum Gasteiger partial charge on any atom is -0.352 e. The molecule has 1 unspecified atom stereocenters. The Morgan fingerprint density at radius 2 is 2.15 bits per heavy atom. The summed E-state index contributed by atoms with van der Waals surface area (Å²) >= 11 is 0. The van der Waals surface area contributed by atoms with Crippen LogP contribution in [0.15, 0.2) is 42.9 Å². The van der Waals surface area contributed by atoms with Gasteiger partial charge in [-0.3, -0.25) is 9.59 Å². The van der Waals surface area contributed by atoms with Crippen LogP contribution in [0.2, 0.25) is 0 Å². The molecule has 3 aromatic rings. The van der Waals surface area contributed by atoms with Crippen molar-refractivity contribution in [2.75, 3.05) is 13.1 Å². The highest BCUT2D eigenvalue weighted by Crippen LogP contribution is 2.26. The van der Waals surface area contributed by atoms with Crippen LogP contribution in [-0.2, 0) is 11.8 Å². The summed E-state index contributed by atoms with van der Waals surface area (Å²) in [6.45, 7) is 0.668. The number of imidazole rings is 1. The van der Waals surface area contributed by atoms with Crippen LogP contribution < -0.4 is 5.32 Å². The molecule has 0 saturated carbocycles. The molecule has 132 valence electrons. The number of benzene rings is 1. The minimum atomic E-state index is -0.883. The van der Waals surface area contributed by atoms with Crippen molar-refractivity contribution < 1.29 is 14.0 Å². The van der Waals surface area contributed by atoms with Crippen molar-refractivity contribution in [3.8, 4) is 0 Å². The first kappa shape index (κ1) is 16.2. The molecule has 3 heterocycles. The first-order valence-electron chi connectivity index (χ1n) is 8.16. The molecule has 2 amide bonds. The lowest BCUT2D eigenvalue weighted by Gasteiger charge is -2.35. The van der Waals surface area contributed by atoms with Crippen LogP contribution in [0.1, 0.15) is 22.0 Å². The van der Waals surface area contributed by atoms with Crippen molar-refractivity contribution >= 4 is 23.0 Å². The van der Waals surface area contributed by atoms with Gasteiger partial charge in [0.05, 0.1) is 11.9 Å². The van der Waals surface area contributed by atoms with Crippen LogP contribution in [-0.4, -0.2) is 44.3 Å². The van der Waals surface area contributed by atoms with E-state index in [4.69, 9.17) is 0 Å². The molecule has 0 spiro atoms. The molecular weight excluding hydrogens is 337 g/mol. The van der Waals surface area contributed by atoms with Crippen molar-refractivity contribution in [1.29, 1.82) is 0 Å². The third kappa shape index (κ3) is 2.69. The Kier molecular flexibility index (Phi) is 3.87. The molecule has 0 aliphatic carbocycles. The highest BCUT2D eigenvalue weighted by molar-refractivity contribution is 6.00. The standard InChI is InChI=1S/C18H16FN5O2/c1-23-10-22-14-8-12(9-21-16(14)23)18(26)24-6-5-20-17(25)15(24)11-3-2-4-13(19)7-11/h2-4,7-10,15H,5-6H2,1H3,(H,20,25). The van der Waals surface area contributed by atoms with E-state index in [2.05, 4.69) is 15.3 Å². The van der Waals surface area contributed by atoms with Crippen molar-refractivity contribution in [3.63, 3.8) is 0 Å². The molecule has 1 aliphatic heterocycles. The Morgan fingerprint density at radius 1 is 1.31 bits per heavy atom. The number of nitrogens with zero attached hydrogens (tertiary/aromatic N) is 4. The maximum Gasteiger partial charge on any atom is 0.256 e. The van der Waals surface area contributed by atoms with Gasteiger partial charge in [0.25, 0.3) is 5.91 Å². The van der Waals surface area contributed by atoms with Gasteiger partial charge in [0.15, 0.2) is 5.65 Å². The lowest BCUT2D eigenvalue weighted by molar-refractivity contribution is -0.128. The largest absolute Gasteiger partial charge is 0.352 e. The van der Waals surface area contributed by atoms with E-state index in [1.54, 1.807) is 23.0 Å². The highest BCUT2D eigenvalue weighted by Gasteiger charge is 2.35. The van der Waals surface area contributed by atoms with E-state index < -0.39 is 11.9 Å². The van der Waals surface area contributed by atoms with Gasteiger partial charge in [0.2, 0.25) is 5.91 Å². The molecule has 0 bridgehead atoms. The molecule has 1 saturated heterocycles. The molecule has 4 rings (SSSR count). The molecule has 1 fully saturated rings. The van der Waals surface area contributed by atoms with Crippen LogP contribution in [0.4, 0.5) is 4.39 Å². The Hall–Kier alpha value is -3.29. The number of pyridine rings is 1. The molecular formula is C18H16FN5O2. The summed E-state index contributed by atoms with van der Waals surface area (Å²) in [5, 5.41) is 2.73. The second-order valence-corrected chi connectivity index (χ2v) is 6.17. The van der Waals surface area contributed by atoms with Gasteiger partial charge in [-0.2, -0.15) is 0 Å². The number of piperazine rings is 1. The zero-order valence-corrected chi connectivity index (χ0v) is 14.0. The summed E-state index contributed by atoms with van der Waals surface area (Å²) in [7, 11) is 1.82. The number of aromatic nitrogens is 3. The molecule has 8 heteroatoms. The van der Waals surface area contributed by atoms with Crippen LogP contribution in [0, 0.1) is 5.82 Å². The Labute approximate surface area is 148 Å². The van der Waals surface area contributed by atoms with Gasteiger partial charge in [0.1, 0.15) is 17.4 Å². The number of amides is 2. The topological polar surface area (TPSA) is 80.1 Å². The zero-order valence-electron chi connectivity index (χ0n) is 14.0. The van der Waals surface area contributed by atoms with Crippen LogP contribution in [0.3, 0.4) is 0 Å². The number of carbonyl (C=O) groups is 2. The number of nitrogens with one attached hydrogen (secondary N) is 1. The fraction of sp³-hybridized carbons (Fsp3) is 0.222. The summed E-state index contributed by atoms with van der Waals surface area (Å²) < 4.78 is 15.4. The predicted molar refractivity (Wildman–Crippen MR) is 91.7 cm³/mol. The van der Waals surface area contributed by atoms with Crippen LogP contribution in [0.5, 0.6) is 0 Å². The first-order valence-corrected chi connectivity index (χ1v) is 8.16. The van der Waals surface area contributed by atoms with Gasteiger partial charge in [-0.05, 0) is 23.8 Å². The Bertz CT molecular complexity index is 1020. The van der Waals surface area contributed by atoms with Gasteiger partial charge in [-0.25, -0.2) is 14.4 Å². The van der Waals surface area contributed by atoms with Crippen LogP contribution in [0.25, 0.3) is 11.2 Å². The number of halogens is 1. The van der Waals surface area contributed by atoms with E-state index >= 15 is 0 Å². The SMILES string of the molecule is Cn1cnc2cc(C(=O)N3CCNC(=O)C3c3cccc(F)c3)cnc21. The van der Waals surface area contributed by atoms with E-state index in [1.165, 1.54) is 29.3 Å². The fourth-order valence-electron chi connectivity index (χ4n) is 3.19. The number of hydrogen-bond acceptors (Lipinski definition) is 4. The van der Waals surface area contributed by atoms with Crippen LogP contribution >= 0.6 is 0 Å². The number of rotatable bonds is 2. The maximum atomic E-state index is 13.6. The number of hydrogen-bond donors (Lipinski definition) is 1. The monoisotopic (exact) mass is 353 g/mol. The molecule has 0 radical (unpaired) electrons. The van der Waals surface area contributed by atoms with Gasteiger partial charge < -0.3 is 14.8 Å². The fourth-order valence-corrected chi connectivity index (χ4v) is 3.19. The molecule has 7 nitrogen and oxygen atoms in total. The second-order valence-electron chi connectivity index (χ2n) is 6.17. The van der Waals surface area contributed by atoms with Gasteiger partial charge in [-0.15, -0.1) is 0 Å². The van der Waals surface area contributed by atoms with E-state index in [9.17, 15) is 14.0 Å². The normalized spacial score (nSPS) is 17.4. The molecule has 1 aromatic carbocycles. The number of fused-ring (bicyclic) bond motifs is 1. The third-order valence-electron chi connectivity index (χ3n) is 4.44. The summed E-state index contributed by atoms with van der Waals surface area (Å²) in [6, 6.07) is 6.51. The van der Waals surface area contributed by atoms with E-state index in [1.807, 2.05) is 7.05 Å². The summed E-state index contributed by atoms with van der Waals surface area (Å²) in [4.78, 5) is 35.4. The molecule has 1 aliphatic rings. The quantitative estimate of drug-likeness (QED) is 0.756. The highest BCUT2D eigenvalue weighted by atomic mass is 19.1. The summed E-state index contributed by atoms with van der Waals surface area (Å²) in [5.74, 6) is -1.12. The number of aryl methyl sites for hydroxylation is 1. The maximum absolute atomic E-state index is 13.6. The van der Waals surface area contributed by atoms with Gasteiger partial charge in [-0.1, -0.05) is 12.1 Å². The second kappa shape index (κ2) is 6.21. The number of carbonyl (C=O) groups excluding carboxylic acids is 2. The van der Waals surface area contributed by atoms with E-state index in [0.717, 1.165) is 0 Å². The van der Waals surface area contributed by atoms with Crippen molar-refractivity contribution in [2.45, 2.75) is 6.04 Å². The molecule has 1 atom stereocenters. The average molecular weight is 353 g/mol. The van der Waals surface area contributed by atoms with Crippen molar-refractivity contribution in [2.24, 2.45) is 7.05 Å². The predicted octanol–water partition coefficient (Wildman–Crippen LogP) is 1.42. The smallest absolute Gasteiger partial charge is 0.256 e. The van der Waals surface area contributed by atoms with E-state index in [-0.39, 0.29) is 11.8 Å². The third-order valence-corrected chi connectivity index (χ3v) is 4.44. The lowest BCUT2D eigenvalue weighted by Crippen LogP contribution is -2.52. The minimum absolute atomic E-state index is 0.325. The Balaban J connectivity index is 1.72. The average Bonchev–Trinajstić information content (AvgIpc) is 3.01. The molecule has 2 aromatic heterocycles. The first-order chi connectivity index (χ1) is 12.5. The summed E-state index contributed by atoms with van der Waals surface area (Å²) in [5.41, 5.74) is 2.04.